The lowest BCUT2D eigenvalue weighted by Crippen LogP contribution is -2.27. The SMILES string of the molecule is CCCCN(C)S(=O)(=O)c1ccc(CCC(=O)O)cc1. The largest absolute Gasteiger partial charge is 0.481 e. The molecule has 0 amide bonds. The minimum Gasteiger partial charge on any atom is -0.481 e. The van der Waals surface area contributed by atoms with Gasteiger partial charge in [0.15, 0.2) is 0 Å². The van der Waals surface area contributed by atoms with Gasteiger partial charge in [-0.15, -0.1) is 0 Å². The molecule has 0 unspecified atom stereocenters. The van der Waals surface area contributed by atoms with Crippen molar-refractivity contribution in [1.82, 2.24) is 4.31 Å². The van der Waals surface area contributed by atoms with Gasteiger partial charge < -0.3 is 5.11 Å². The molecule has 0 aromatic heterocycles. The van der Waals surface area contributed by atoms with Gasteiger partial charge in [0, 0.05) is 20.0 Å². The van der Waals surface area contributed by atoms with Crippen LogP contribution in [0.2, 0.25) is 0 Å². The van der Waals surface area contributed by atoms with Gasteiger partial charge in [-0.3, -0.25) is 4.79 Å². The number of carboxylic acid groups (broad SMARTS) is 1. The third-order valence-electron chi connectivity index (χ3n) is 3.09. The van der Waals surface area contributed by atoms with Gasteiger partial charge in [0.1, 0.15) is 0 Å². The molecule has 0 saturated heterocycles. The fraction of sp³-hybridized carbons (Fsp3) is 0.500. The summed E-state index contributed by atoms with van der Waals surface area (Å²) in [5, 5.41) is 8.61. The second kappa shape index (κ2) is 7.40. The van der Waals surface area contributed by atoms with E-state index in [4.69, 9.17) is 5.11 Å². The number of unbranched alkanes of at least 4 members (excludes halogenated alkanes) is 1. The number of hydrogen-bond donors (Lipinski definition) is 1. The molecule has 112 valence electrons. The molecule has 0 atom stereocenters. The van der Waals surface area contributed by atoms with Crippen LogP contribution < -0.4 is 0 Å². The molecule has 20 heavy (non-hydrogen) atoms. The summed E-state index contributed by atoms with van der Waals surface area (Å²) < 4.78 is 25.8. The van der Waals surface area contributed by atoms with Crippen LogP contribution in [0.3, 0.4) is 0 Å². The average molecular weight is 299 g/mol. The molecule has 0 spiro atoms. The maximum atomic E-state index is 12.2. The van der Waals surface area contributed by atoms with Gasteiger partial charge in [-0.1, -0.05) is 25.5 Å². The van der Waals surface area contributed by atoms with E-state index >= 15 is 0 Å². The minimum absolute atomic E-state index is 0.0441. The number of sulfonamides is 1. The van der Waals surface area contributed by atoms with Crippen molar-refractivity contribution in [1.29, 1.82) is 0 Å². The predicted molar refractivity (Wildman–Crippen MR) is 77.1 cm³/mol. The monoisotopic (exact) mass is 299 g/mol. The number of carboxylic acids is 1. The van der Waals surface area contributed by atoms with Gasteiger partial charge >= 0.3 is 5.97 Å². The number of aliphatic carboxylic acids is 1. The Balaban J connectivity index is 2.78. The lowest BCUT2D eigenvalue weighted by Gasteiger charge is -2.16. The van der Waals surface area contributed by atoms with E-state index in [9.17, 15) is 13.2 Å². The molecular formula is C14H21NO4S. The van der Waals surface area contributed by atoms with Gasteiger partial charge in [0.05, 0.1) is 4.90 Å². The number of aryl methyl sites for hydroxylation is 1. The van der Waals surface area contributed by atoms with E-state index in [-0.39, 0.29) is 11.3 Å². The molecule has 0 saturated carbocycles. The van der Waals surface area contributed by atoms with Crippen LogP contribution in [-0.4, -0.2) is 37.4 Å². The Morgan fingerprint density at radius 2 is 1.85 bits per heavy atom. The Morgan fingerprint density at radius 3 is 2.35 bits per heavy atom. The summed E-state index contributed by atoms with van der Waals surface area (Å²) in [6.45, 7) is 2.51. The second-order valence-electron chi connectivity index (χ2n) is 4.72. The molecule has 5 nitrogen and oxygen atoms in total. The van der Waals surface area contributed by atoms with Crippen molar-refractivity contribution in [2.75, 3.05) is 13.6 Å². The van der Waals surface area contributed by atoms with Crippen molar-refractivity contribution >= 4 is 16.0 Å². The molecule has 1 rings (SSSR count). The molecule has 0 radical (unpaired) electrons. The Bertz CT molecular complexity index is 537. The van der Waals surface area contributed by atoms with E-state index in [0.717, 1.165) is 18.4 Å². The van der Waals surface area contributed by atoms with Crippen LogP contribution in [0.1, 0.15) is 31.7 Å². The zero-order valence-corrected chi connectivity index (χ0v) is 12.7. The molecule has 0 aliphatic rings. The number of hydrogen-bond acceptors (Lipinski definition) is 3. The van der Waals surface area contributed by atoms with Gasteiger partial charge in [0.2, 0.25) is 10.0 Å². The first-order chi connectivity index (χ1) is 9.37. The van der Waals surface area contributed by atoms with Crippen LogP contribution in [0.25, 0.3) is 0 Å². The highest BCUT2D eigenvalue weighted by Crippen LogP contribution is 2.16. The first-order valence-electron chi connectivity index (χ1n) is 6.65. The fourth-order valence-electron chi connectivity index (χ4n) is 1.76. The summed E-state index contributed by atoms with van der Waals surface area (Å²) in [6.07, 6.45) is 2.21. The first kappa shape index (κ1) is 16.7. The zero-order chi connectivity index (χ0) is 15.2. The summed E-state index contributed by atoms with van der Waals surface area (Å²) in [6, 6.07) is 6.41. The Morgan fingerprint density at radius 1 is 1.25 bits per heavy atom. The van der Waals surface area contributed by atoms with Crippen molar-refractivity contribution in [2.45, 2.75) is 37.5 Å². The Labute approximate surface area is 120 Å². The molecular weight excluding hydrogens is 278 g/mol. The first-order valence-corrected chi connectivity index (χ1v) is 8.09. The molecule has 1 aromatic carbocycles. The van der Waals surface area contributed by atoms with Crippen molar-refractivity contribution in [3.63, 3.8) is 0 Å². The number of nitrogens with zero attached hydrogens (tertiary/aromatic N) is 1. The van der Waals surface area contributed by atoms with Gasteiger partial charge in [-0.2, -0.15) is 0 Å². The second-order valence-corrected chi connectivity index (χ2v) is 6.76. The van der Waals surface area contributed by atoms with Gasteiger partial charge in [-0.05, 0) is 30.5 Å². The highest BCUT2D eigenvalue weighted by Gasteiger charge is 2.19. The number of carbonyl (C=O) groups is 1. The molecule has 0 fully saturated rings. The third-order valence-corrected chi connectivity index (χ3v) is 4.96. The zero-order valence-electron chi connectivity index (χ0n) is 11.9. The standard InChI is InChI=1S/C14H21NO4S/c1-3-4-11-15(2)20(18,19)13-8-5-12(6-9-13)7-10-14(16)17/h5-6,8-9H,3-4,7,10-11H2,1-2H3,(H,16,17). The quantitative estimate of drug-likeness (QED) is 0.798. The highest BCUT2D eigenvalue weighted by molar-refractivity contribution is 7.89. The van der Waals surface area contributed by atoms with Crippen LogP contribution in [-0.2, 0) is 21.2 Å². The van der Waals surface area contributed by atoms with E-state index in [1.165, 1.54) is 16.4 Å². The van der Waals surface area contributed by atoms with Crippen LogP contribution in [0.4, 0.5) is 0 Å². The molecule has 1 N–H and O–H groups in total. The van der Waals surface area contributed by atoms with Crippen LogP contribution in [0.5, 0.6) is 0 Å². The molecule has 0 aliphatic carbocycles. The number of rotatable bonds is 8. The summed E-state index contributed by atoms with van der Waals surface area (Å²) in [5.74, 6) is -0.860. The lowest BCUT2D eigenvalue weighted by molar-refractivity contribution is -0.136. The molecule has 1 aromatic rings. The van der Waals surface area contributed by atoms with E-state index in [0.29, 0.717) is 13.0 Å². The molecule has 0 aliphatic heterocycles. The summed E-state index contributed by atoms with van der Waals surface area (Å²) in [7, 11) is -1.87. The van der Waals surface area contributed by atoms with Crippen molar-refractivity contribution in [3.05, 3.63) is 29.8 Å². The Hall–Kier alpha value is -1.40. The van der Waals surface area contributed by atoms with Gasteiger partial charge in [0.25, 0.3) is 0 Å². The lowest BCUT2D eigenvalue weighted by atomic mass is 10.1. The normalized spacial score (nSPS) is 11.8. The maximum absolute atomic E-state index is 12.2. The number of benzene rings is 1. The highest BCUT2D eigenvalue weighted by atomic mass is 32.2. The molecule has 6 heteroatoms. The van der Waals surface area contributed by atoms with Crippen molar-refractivity contribution < 1.29 is 18.3 Å². The molecule has 0 heterocycles. The van der Waals surface area contributed by atoms with Crippen LogP contribution in [0, 0.1) is 0 Å². The van der Waals surface area contributed by atoms with Crippen molar-refractivity contribution in [3.8, 4) is 0 Å². The Kier molecular flexibility index (Phi) is 6.16. The summed E-state index contributed by atoms with van der Waals surface area (Å²) in [4.78, 5) is 10.7. The predicted octanol–water partition coefficient (Wildman–Crippen LogP) is 2.12. The van der Waals surface area contributed by atoms with Gasteiger partial charge in [-0.25, -0.2) is 12.7 Å². The molecule has 0 bridgehead atoms. The smallest absolute Gasteiger partial charge is 0.303 e. The van der Waals surface area contributed by atoms with E-state index in [1.54, 1.807) is 19.2 Å². The maximum Gasteiger partial charge on any atom is 0.303 e. The van der Waals surface area contributed by atoms with Crippen LogP contribution >= 0.6 is 0 Å². The van der Waals surface area contributed by atoms with E-state index in [1.807, 2.05) is 6.92 Å². The van der Waals surface area contributed by atoms with E-state index < -0.39 is 16.0 Å². The fourth-order valence-corrected chi connectivity index (χ4v) is 2.97. The average Bonchev–Trinajstić information content (AvgIpc) is 2.42. The topological polar surface area (TPSA) is 74.7 Å². The van der Waals surface area contributed by atoms with E-state index in [2.05, 4.69) is 0 Å². The summed E-state index contributed by atoms with van der Waals surface area (Å²) in [5.41, 5.74) is 0.822. The van der Waals surface area contributed by atoms with Crippen LogP contribution in [0.15, 0.2) is 29.2 Å². The minimum atomic E-state index is -3.44. The summed E-state index contributed by atoms with van der Waals surface area (Å²) >= 11 is 0. The van der Waals surface area contributed by atoms with Crippen molar-refractivity contribution in [2.24, 2.45) is 0 Å². The third kappa shape index (κ3) is 4.61.